The van der Waals surface area contributed by atoms with Crippen molar-refractivity contribution in [2.45, 2.75) is 46.8 Å². The Morgan fingerprint density at radius 1 is 1.05 bits per heavy atom. The number of rotatable bonds is 11. The van der Waals surface area contributed by atoms with Crippen molar-refractivity contribution in [3.05, 3.63) is 95.2 Å². The lowest BCUT2D eigenvalue weighted by molar-refractivity contribution is 0.0923. The van der Waals surface area contributed by atoms with Crippen LogP contribution < -0.4 is 19.6 Å². The maximum absolute atomic E-state index is 12.5. The van der Waals surface area contributed by atoms with Crippen LogP contribution in [0.2, 0.25) is 0 Å². The second-order valence-corrected chi connectivity index (χ2v) is 8.91. The second kappa shape index (κ2) is 12.2. The third-order valence-electron chi connectivity index (χ3n) is 6.13. The first-order valence-electron chi connectivity index (χ1n) is 12.5. The number of nitrogens with zero attached hydrogens (tertiary/aromatic N) is 2. The van der Waals surface area contributed by atoms with Gasteiger partial charge in [-0.2, -0.15) is 5.10 Å². The molecule has 2 aromatic heterocycles. The number of hydrogen-bond acceptors (Lipinski definition) is 6. The summed E-state index contributed by atoms with van der Waals surface area (Å²) in [7, 11) is 1.58. The lowest BCUT2D eigenvalue weighted by atomic mass is 10.2. The van der Waals surface area contributed by atoms with Crippen LogP contribution in [-0.2, 0) is 6.61 Å². The molecule has 0 radical (unpaired) electrons. The van der Waals surface area contributed by atoms with Crippen LogP contribution in [0.3, 0.4) is 0 Å². The van der Waals surface area contributed by atoms with E-state index in [9.17, 15) is 4.79 Å². The van der Waals surface area contributed by atoms with Gasteiger partial charge in [-0.25, -0.2) is 5.43 Å². The molecule has 4 aromatic rings. The summed E-state index contributed by atoms with van der Waals surface area (Å²) in [5, 5.41) is 4.08. The minimum atomic E-state index is -0.471. The van der Waals surface area contributed by atoms with Gasteiger partial charge in [0.15, 0.2) is 17.3 Å². The molecule has 38 heavy (non-hydrogen) atoms. The Morgan fingerprint density at radius 2 is 1.79 bits per heavy atom. The summed E-state index contributed by atoms with van der Waals surface area (Å²) in [6.45, 7) is 8.36. The lowest BCUT2D eigenvalue weighted by Gasteiger charge is -2.17. The van der Waals surface area contributed by atoms with Crippen LogP contribution >= 0.6 is 0 Å². The monoisotopic (exact) mass is 515 g/mol. The minimum Gasteiger partial charge on any atom is -0.493 e. The first-order valence-corrected chi connectivity index (χ1v) is 12.5. The highest BCUT2D eigenvalue weighted by atomic mass is 16.5. The molecular weight excluding hydrogens is 482 g/mol. The number of furan rings is 1. The molecule has 0 fully saturated rings. The number of carbonyl (C=O) groups excluding carboxylic acids is 1. The molecule has 0 aliphatic heterocycles. The SMILES string of the molecule is CC[C@@H](C)Oc1c(C=NNC(=O)c2ccc(COc3ccc(-n4c(C)ccc4C)cc3)o2)cccc1OC. The van der Waals surface area contributed by atoms with E-state index < -0.39 is 5.91 Å². The van der Waals surface area contributed by atoms with E-state index in [0.29, 0.717) is 28.6 Å². The lowest BCUT2D eigenvalue weighted by Crippen LogP contribution is -2.17. The molecule has 0 bridgehead atoms. The molecule has 1 N–H and O–H groups in total. The van der Waals surface area contributed by atoms with Gasteiger partial charge in [0, 0.05) is 22.6 Å². The summed E-state index contributed by atoms with van der Waals surface area (Å²) in [5.74, 6) is 2.07. The molecule has 0 unspecified atom stereocenters. The number of aryl methyl sites for hydroxylation is 2. The average Bonchev–Trinajstić information content (AvgIpc) is 3.54. The summed E-state index contributed by atoms with van der Waals surface area (Å²) in [5.41, 5.74) is 6.59. The van der Waals surface area contributed by atoms with E-state index in [1.807, 2.05) is 56.3 Å². The van der Waals surface area contributed by atoms with Crippen LogP contribution in [0, 0.1) is 13.8 Å². The Bertz CT molecular complexity index is 1380. The van der Waals surface area contributed by atoms with E-state index in [2.05, 4.69) is 41.1 Å². The maximum atomic E-state index is 12.5. The number of ether oxygens (including phenoxy) is 3. The number of benzene rings is 2. The normalized spacial score (nSPS) is 11.9. The molecule has 0 aliphatic rings. The highest BCUT2D eigenvalue weighted by Gasteiger charge is 2.14. The molecule has 0 saturated carbocycles. The molecule has 0 spiro atoms. The van der Waals surface area contributed by atoms with Gasteiger partial charge >= 0.3 is 5.91 Å². The predicted octanol–water partition coefficient (Wildman–Crippen LogP) is 6.22. The number of nitrogens with one attached hydrogen (secondary N) is 1. The summed E-state index contributed by atoms with van der Waals surface area (Å²) in [6.07, 6.45) is 2.36. The smallest absolute Gasteiger partial charge is 0.307 e. The van der Waals surface area contributed by atoms with Crippen molar-refractivity contribution in [3.63, 3.8) is 0 Å². The Hall–Kier alpha value is -4.46. The first kappa shape index (κ1) is 26.6. The minimum absolute atomic E-state index is 0.00233. The van der Waals surface area contributed by atoms with E-state index in [-0.39, 0.29) is 18.5 Å². The zero-order valence-corrected chi connectivity index (χ0v) is 22.4. The number of hydrazone groups is 1. The predicted molar refractivity (Wildman–Crippen MR) is 147 cm³/mol. The van der Waals surface area contributed by atoms with Crippen molar-refractivity contribution in [1.82, 2.24) is 9.99 Å². The highest BCUT2D eigenvalue weighted by Crippen LogP contribution is 2.31. The first-order chi connectivity index (χ1) is 18.4. The summed E-state index contributed by atoms with van der Waals surface area (Å²) < 4.78 is 25.1. The summed E-state index contributed by atoms with van der Waals surface area (Å²) in [6, 6.07) is 20.8. The van der Waals surface area contributed by atoms with E-state index in [4.69, 9.17) is 18.6 Å². The van der Waals surface area contributed by atoms with Crippen molar-refractivity contribution >= 4 is 12.1 Å². The molecule has 1 atom stereocenters. The number of amides is 1. The quantitative estimate of drug-likeness (QED) is 0.189. The molecule has 0 aliphatic carbocycles. The molecule has 4 rings (SSSR count). The fraction of sp³-hybridized carbons (Fsp3) is 0.267. The van der Waals surface area contributed by atoms with Gasteiger partial charge in [0.2, 0.25) is 0 Å². The third kappa shape index (κ3) is 6.26. The molecule has 8 heteroatoms. The van der Waals surface area contributed by atoms with Crippen molar-refractivity contribution in [3.8, 4) is 22.9 Å². The molecule has 0 saturated heterocycles. The fourth-order valence-corrected chi connectivity index (χ4v) is 3.92. The van der Waals surface area contributed by atoms with Crippen LogP contribution in [-0.4, -0.2) is 29.9 Å². The summed E-state index contributed by atoms with van der Waals surface area (Å²) in [4.78, 5) is 12.5. The van der Waals surface area contributed by atoms with Gasteiger partial charge in [-0.1, -0.05) is 13.0 Å². The zero-order valence-electron chi connectivity index (χ0n) is 22.4. The Morgan fingerprint density at radius 3 is 2.47 bits per heavy atom. The van der Waals surface area contributed by atoms with Crippen LogP contribution in [0.5, 0.6) is 17.2 Å². The third-order valence-corrected chi connectivity index (χ3v) is 6.13. The molecular formula is C30H33N3O5. The number of aromatic nitrogens is 1. The van der Waals surface area contributed by atoms with Crippen LogP contribution in [0.4, 0.5) is 0 Å². The van der Waals surface area contributed by atoms with Gasteiger partial charge in [-0.05, 0) is 87.9 Å². The van der Waals surface area contributed by atoms with E-state index in [1.165, 1.54) is 17.6 Å². The van der Waals surface area contributed by atoms with Crippen molar-refractivity contribution < 1.29 is 23.4 Å². The van der Waals surface area contributed by atoms with Gasteiger partial charge in [0.25, 0.3) is 0 Å². The van der Waals surface area contributed by atoms with E-state index in [1.54, 1.807) is 19.2 Å². The Kier molecular flexibility index (Phi) is 8.53. The Balaban J connectivity index is 1.34. The van der Waals surface area contributed by atoms with E-state index in [0.717, 1.165) is 12.1 Å². The zero-order chi connectivity index (χ0) is 27.1. The fourth-order valence-electron chi connectivity index (χ4n) is 3.92. The molecule has 198 valence electrons. The highest BCUT2D eigenvalue weighted by molar-refractivity contribution is 5.93. The van der Waals surface area contributed by atoms with Crippen molar-refractivity contribution in [2.75, 3.05) is 7.11 Å². The van der Waals surface area contributed by atoms with Crippen LogP contribution in [0.1, 0.15) is 53.5 Å². The standard InChI is InChI=1S/C30H33N3O5/c1-6-22(4)37-29-23(8-7-9-27(29)35-5)18-31-32-30(34)28-17-16-26(38-28)19-36-25-14-12-24(13-15-25)33-20(2)10-11-21(33)3/h7-18,22H,6,19H2,1-5H3,(H,32,34)/t22-/m1/s1. The van der Waals surface area contributed by atoms with Gasteiger partial charge in [-0.3, -0.25) is 4.79 Å². The average molecular weight is 516 g/mol. The van der Waals surface area contributed by atoms with Gasteiger partial charge in [-0.15, -0.1) is 0 Å². The number of methoxy groups -OCH3 is 1. The molecule has 2 heterocycles. The van der Waals surface area contributed by atoms with Gasteiger partial charge < -0.3 is 23.2 Å². The molecule has 8 nitrogen and oxygen atoms in total. The van der Waals surface area contributed by atoms with E-state index >= 15 is 0 Å². The molecule has 2 aromatic carbocycles. The topological polar surface area (TPSA) is 87.2 Å². The van der Waals surface area contributed by atoms with Crippen LogP contribution in [0.25, 0.3) is 5.69 Å². The van der Waals surface area contributed by atoms with Crippen LogP contribution in [0.15, 0.2) is 76.2 Å². The van der Waals surface area contributed by atoms with Crippen molar-refractivity contribution in [2.24, 2.45) is 5.10 Å². The van der Waals surface area contributed by atoms with Gasteiger partial charge in [0.05, 0.1) is 19.4 Å². The number of para-hydroxylation sites is 1. The Labute approximate surface area is 222 Å². The number of hydrogen-bond donors (Lipinski definition) is 1. The molecule has 1 amide bonds. The second-order valence-electron chi connectivity index (χ2n) is 8.91. The maximum Gasteiger partial charge on any atom is 0.307 e. The largest absolute Gasteiger partial charge is 0.493 e. The number of carbonyl (C=O) groups is 1. The summed E-state index contributed by atoms with van der Waals surface area (Å²) >= 11 is 0. The van der Waals surface area contributed by atoms with Gasteiger partial charge in [0.1, 0.15) is 18.1 Å². The van der Waals surface area contributed by atoms with Crippen molar-refractivity contribution in [1.29, 1.82) is 0 Å².